The van der Waals surface area contributed by atoms with Gasteiger partial charge in [-0.05, 0) is 18.1 Å². The predicted molar refractivity (Wildman–Crippen MR) is 74.6 cm³/mol. The van der Waals surface area contributed by atoms with Gasteiger partial charge in [0.2, 0.25) is 0 Å². The monoisotopic (exact) mass is 259 g/mol. The minimum atomic E-state index is -1.43. The Bertz CT molecular complexity index is 542. The topological polar surface area (TPSA) is 61.5 Å². The molecular weight excluding hydrogens is 241 g/mol. The van der Waals surface area contributed by atoms with Crippen LogP contribution in [0.1, 0.15) is 11.1 Å². The molecule has 0 amide bonds. The highest BCUT2D eigenvalue weighted by atomic mass is 16.4. The van der Waals surface area contributed by atoms with E-state index in [1.54, 1.807) is 16.8 Å². The maximum Gasteiger partial charge on any atom is 0.488 e. The van der Waals surface area contributed by atoms with Gasteiger partial charge >= 0.3 is 7.12 Å². The molecule has 19 heavy (non-hydrogen) atoms. The number of aromatic nitrogens is 2. The van der Waals surface area contributed by atoms with Crippen LogP contribution in [0.25, 0.3) is 0 Å². The molecule has 6 heteroatoms. The molecular formula is C13H18BN3O2. The summed E-state index contributed by atoms with van der Waals surface area (Å²) in [5.41, 5.74) is 2.61. The molecule has 0 saturated carbocycles. The molecule has 0 spiro atoms. The largest absolute Gasteiger partial charge is 0.488 e. The van der Waals surface area contributed by atoms with Crippen molar-refractivity contribution in [1.29, 1.82) is 0 Å². The maximum atomic E-state index is 9.33. The summed E-state index contributed by atoms with van der Waals surface area (Å²) in [4.78, 5) is 2.11. The highest BCUT2D eigenvalue weighted by molar-refractivity contribution is 6.59. The van der Waals surface area contributed by atoms with E-state index in [1.165, 1.54) is 0 Å². The van der Waals surface area contributed by atoms with Crippen LogP contribution in [0.15, 0.2) is 36.7 Å². The summed E-state index contributed by atoms with van der Waals surface area (Å²) in [7, 11) is 2.46. The first kappa shape index (κ1) is 13.8. The summed E-state index contributed by atoms with van der Waals surface area (Å²) in [6.45, 7) is 1.42. The first-order chi connectivity index (χ1) is 9.06. The first-order valence-corrected chi connectivity index (χ1v) is 6.16. The van der Waals surface area contributed by atoms with E-state index < -0.39 is 7.12 Å². The van der Waals surface area contributed by atoms with Gasteiger partial charge in [0, 0.05) is 31.9 Å². The van der Waals surface area contributed by atoms with Gasteiger partial charge in [-0.25, -0.2) is 0 Å². The number of hydrogen-bond donors (Lipinski definition) is 2. The Balaban J connectivity index is 2.04. The predicted octanol–water partition coefficient (Wildman–Crippen LogP) is -0.268. The van der Waals surface area contributed by atoms with Gasteiger partial charge in [0.15, 0.2) is 0 Å². The second kappa shape index (κ2) is 6.01. The lowest BCUT2D eigenvalue weighted by Gasteiger charge is -2.18. The maximum absolute atomic E-state index is 9.33. The smallest absolute Gasteiger partial charge is 0.423 e. The number of hydrogen-bond acceptors (Lipinski definition) is 4. The van der Waals surface area contributed by atoms with E-state index in [2.05, 4.69) is 10.00 Å². The Kier molecular flexibility index (Phi) is 4.37. The molecule has 2 rings (SSSR count). The summed E-state index contributed by atoms with van der Waals surface area (Å²) < 4.78 is 1.77. The van der Waals surface area contributed by atoms with Gasteiger partial charge in [0.1, 0.15) is 0 Å². The molecule has 0 aliphatic heterocycles. The van der Waals surface area contributed by atoms with E-state index in [9.17, 15) is 10.0 Å². The van der Waals surface area contributed by atoms with E-state index in [4.69, 9.17) is 0 Å². The summed E-state index contributed by atoms with van der Waals surface area (Å²) in [5, 5.41) is 22.8. The minimum absolute atomic E-state index is 0.556. The number of aryl methyl sites for hydroxylation is 1. The molecule has 2 aromatic rings. The van der Waals surface area contributed by atoms with Crippen LogP contribution in [0.4, 0.5) is 0 Å². The fraction of sp³-hybridized carbons (Fsp3) is 0.308. The number of nitrogens with zero attached hydrogens (tertiary/aromatic N) is 3. The van der Waals surface area contributed by atoms with Crippen molar-refractivity contribution in [3.63, 3.8) is 0 Å². The van der Waals surface area contributed by atoms with Gasteiger partial charge in [0.25, 0.3) is 0 Å². The Morgan fingerprint density at radius 3 is 2.63 bits per heavy atom. The lowest BCUT2D eigenvalue weighted by atomic mass is 9.77. The standard InChI is InChI=1S/C13H18BN3O2/c1-16(8-11-7-15-17(2)9-11)10-12-5-3-4-6-13(12)14(18)19/h3-7,9,18-19H,8,10H2,1-2H3. The van der Waals surface area contributed by atoms with Crippen molar-refractivity contribution in [3.8, 4) is 0 Å². The SMILES string of the molecule is CN(Cc1cnn(C)c1)Cc1ccccc1B(O)O. The van der Waals surface area contributed by atoms with Gasteiger partial charge in [-0.1, -0.05) is 24.3 Å². The van der Waals surface area contributed by atoms with Crippen molar-refractivity contribution in [2.75, 3.05) is 7.05 Å². The zero-order valence-electron chi connectivity index (χ0n) is 11.2. The molecule has 2 N–H and O–H groups in total. The van der Waals surface area contributed by atoms with Crippen LogP contribution in [-0.2, 0) is 20.1 Å². The highest BCUT2D eigenvalue weighted by Gasteiger charge is 2.16. The van der Waals surface area contributed by atoms with Crippen LogP contribution < -0.4 is 5.46 Å². The molecule has 1 heterocycles. The lowest BCUT2D eigenvalue weighted by molar-refractivity contribution is 0.319. The highest BCUT2D eigenvalue weighted by Crippen LogP contribution is 2.06. The molecule has 5 nitrogen and oxygen atoms in total. The van der Waals surface area contributed by atoms with Gasteiger partial charge in [0.05, 0.1) is 6.20 Å². The van der Waals surface area contributed by atoms with Crippen molar-refractivity contribution in [2.45, 2.75) is 13.1 Å². The van der Waals surface area contributed by atoms with E-state index in [0.717, 1.165) is 17.7 Å². The zero-order chi connectivity index (χ0) is 13.8. The Morgan fingerprint density at radius 1 is 1.26 bits per heavy atom. The van der Waals surface area contributed by atoms with Crippen LogP contribution in [-0.4, -0.2) is 38.9 Å². The Labute approximate surface area is 113 Å². The molecule has 0 bridgehead atoms. The molecule has 100 valence electrons. The normalized spacial score (nSPS) is 11.0. The van der Waals surface area contributed by atoms with E-state index in [1.807, 2.05) is 38.6 Å². The number of rotatable bonds is 5. The fourth-order valence-electron chi connectivity index (χ4n) is 2.14. The Hall–Kier alpha value is -1.63. The molecule has 0 atom stereocenters. The van der Waals surface area contributed by atoms with Gasteiger partial charge in [-0.2, -0.15) is 5.10 Å². The molecule has 1 aromatic carbocycles. The first-order valence-electron chi connectivity index (χ1n) is 6.16. The van der Waals surface area contributed by atoms with Crippen molar-refractivity contribution in [2.24, 2.45) is 7.05 Å². The third-order valence-corrected chi connectivity index (χ3v) is 2.98. The van der Waals surface area contributed by atoms with Gasteiger partial charge in [-0.3, -0.25) is 9.58 Å². The molecule has 0 radical (unpaired) electrons. The average Bonchev–Trinajstić information content (AvgIpc) is 2.75. The third-order valence-electron chi connectivity index (χ3n) is 2.98. The summed E-state index contributed by atoms with van der Waals surface area (Å²) in [6, 6.07) is 7.35. The zero-order valence-corrected chi connectivity index (χ0v) is 11.2. The van der Waals surface area contributed by atoms with Crippen molar-refractivity contribution < 1.29 is 10.0 Å². The van der Waals surface area contributed by atoms with E-state index in [0.29, 0.717) is 12.0 Å². The summed E-state index contributed by atoms with van der Waals surface area (Å²) in [6.07, 6.45) is 3.81. The lowest BCUT2D eigenvalue weighted by Crippen LogP contribution is -2.34. The van der Waals surface area contributed by atoms with Crippen LogP contribution in [0.3, 0.4) is 0 Å². The summed E-state index contributed by atoms with van der Waals surface area (Å²) >= 11 is 0. The third kappa shape index (κ3) is 3.67. The van der Waals surface area contributed by atoms with Crippen LogP contribution in [0, 0.1) is 0 Å². The van der Waals surface area contributed by atoms with Crippen molar-refractivity contribution in [3.05, 3.63) is 47.8 Å². The van der Waals surface area contributed by atoms with Gasteiger partial charge in [-0.15, -0.1) is 0 Å². The van der Waals surface area contributed by atoms with Crippen LogP contribution in [0.2, 0.25) is 0 Å². The van der Waals surface area contributed by atoms with E-state index >= 15 is 0 Å². The number of benzene rings is 1. The van der Waals surface area contributed by atoms with Crippen molar-refractivity contribution >= 4 is 12.6 Å². The van der Waals surface area contributed by atoms with Gasteiger partial charge < -0.3 is 10.0 Å². The second-order valence-electron chi connectivity index (χ2n) is 4.77. The van der Waals surface area contributed by atoms with Crippen molar-refractivity contribution in [1.82, 2.24) is 14.7 Å². The summed E-state index contributed by atoms with van der Waals surface area (Å²) in [5.74, 6) is 0. The quantitative estimate of drug-likeness (QED) is 0.726. The Morgan fingerprint density at radius 2 is 2.00 bits per heavy atom. The minimum Gasteiger partial charge on any atom is -0.423 e. The van der Waals surface area contributed by atoms with Crippen LogP contribution >= 0.6 is 0 Å². The second-order valence-corrected chi connectivity index (χ2v) is 4.77. The molecule has 0 fully saturated rings. The van der Waals surface area contributed by atoms with Crippen LogP contribution in [0.5, 0.6) is 0 Å². The average molecular weight is 259 g/mol. The molecule has 0 unspecified atom stereocenters. The van der Waals surface area contributed by atoms with E-state index in [-0.39, 0.29) is 0 Å². The fourth-order valence-corrected chi connectivity index (χ4v) is 2.14. The molecule has 0 saturated heterocycles. The molecule has 1 aromatic heterocycles. The molecule has 0 aliphatic carbocycles. The molecule has 0 aliphatic rings.